The average Bonchev–Trinajstić information content (AvgIpc) is 2.52. The van der Waals surface area contributed by atoms with E-state index in [0.29, 0.717) is 0 Å². The van der Waals surface area contributed by atoms with Crippen molar-refractivity contribution in [3.8, 4) is 11.8 Å². The zero-order valence-electron chi connectivity index (χ0n) is 12.6. The van der Waals surface area contributed by atoms with Gasteiger partial charge < -0.3 is 10.2 Å². The summed E-state index contributed by atoms with van der Waals surface area (Å²) in [6, 6.07) is 11.0. The molecule has 0 heterocycles. The minimum absolute atomic E-state index is 0.0208. The van der Waals surface area contributed by atoms with E-state index in [9.17, 15) is 27.8 Å². The highest BCUT2D eigenvalue weighted by molar-refractivity contribution is 5.38. The molecule has 0 aliphatic heterocycles. The maximum Gasteiger partial charge on any atom is 0.433 e. The molecule has 0 amide bonds. The van der Waals surface area contributed by atoms with Crippen LogP contribution in [0.2, 0.25) is 0 Å². The second-order valence-corrected chi connectivity index (χ2v) is 5.41. The summed E-state index contributed by atoms with van der Waals surface area (Å²) in [4.78, 5) is 0. The molecule has 0 bridgehead atoms. The Hall–Kier alpha value is -2.36. The molecule has 2 unspecified atom stereocenters. The molecule has 0 spiro atoms. The molecule has 2 atom stereocenters. The van der Waals surface area contributed by atoms with Crippen molar-refractivity contribution in [1.82, 2.24) is 0 Å². The van der Waals surface area contributed by atoms with Gasteiger partial charge in [-0.25, -0.2) is 4.39 Å². The molecule has 0 aliphatic carbocycles. The third kappa shape index (κ3) is 3.58. The van der Waals surface area contributed by atoms with Gasteiger partial charge in [0.2, 0.25) is 5.60 Å². The summed E-state index contributed by atoms with van der Waals surface area (Å²) < 4.78 is 53.3. The lowest BCUT2D eigenvalue weighted by Gasteiger charge is -2.26. The van der Waals surface area contributed by atoms with Crippen molar-refractivity contribution in [1.29, 1.82) is 0 Å². The molecule has 24 heavy (non-hydrogen) atoms. The summed E-state index contributed by atoms with van der Waals surface area (Å²) in [7, 11) is 0. The van der Waals surface area contributed by atoms with Gasteiger partial charge in [-0.3, -0.25) is 0 Å². The van der Waals surface area contributed by atoms with E-state index in [2.05, 4.69) is 0 Å². The van der Waals surface area contributed by atoms with Gasteiger partial charge in [0.05, 0.1) is 0 Å². The van der Waals surface area contributed by atoms with Gasteiger partial charge >= 0.3 is 6.18 Å². The molecular formula is C18H14F4O2. The molecule has 2 aromatic carbocycles. The molecule has 0 saturated carbocycles. The minimum atomic E-state index is -5.08. The van der Waals surface area contributed by atoms with Crippen LogP contribution in [0.4, 0.5) is 17.6 Å². The molecule has 0 aromatic heterocycles. The topological polar surface area (TPSA) is 40.5 Å². The van der Waals surface area contributed by atoms with Crippen LogP contribution in [-0.2, 0) is 11.2 Å². The SMILES string of the molecule is CC(O)(C#CC(O)(c1ccccc1)C(F)(F)F)c1cccc(F)c1. The molecule has 126 valence electrons. The van der Waals surface area contributed by atoms with Crippen LogP contribution in [0.5, 0.6) is 0 Å². The smallest absolute Gasteiger partial charge is 0.374 e. The number of benzene rings is 2. The lowest BCUT2D eigenvalue weighted by molar-refractivity contribution is -0.240. The molecule has 0 aliphatic rings. The van der Waals surface area contributed by atoms with Crippen LogP contribution in [0.15, 0.2) is 54.6 Å². The van der Waals surface area contributed by atoms with Crippen LogP contribution in [0, 0.1) is 17.7 Å². The van der Waals surface area contributed by atoms with Gasteiger partial charge in [-0.15, -0.1) is 0 Å². The first-order valence-corrected chi connectivity index (χ1v) is 6.94. The van der Waals surface area contributed by atoms with Crippen molar-refractivity contribution in [2.45, 2.75) is 24.3 Å². The number of hydrogen-bond acceptors (Lipinski definition) is 2. The Morgan fingerprint density at radius 2 is 1.42 bits per heavy atom. The maximum absolute atomic E-state index is 13.3. The Morgan fingerprint density at radius 1 is 0.833 bits per heavy atom. The fourth-order valence-corrected chi connectivity index (χ4v) is 2.06. The first kappa shape index (κ1) is 18.0. The second-order valence-electron chi connectivity index (χ2n) is 5.41. The van der Waals surface area contributed by atoms with Crippen molar-refractivity contribution in [2.75, 3.05) is 0 Å². The van der Waals surface area contributed by atoms with Crippen molar-refractivity contribution >= 4 is 0 Å². The molecule has 6 heteroatoms. The monoisotopic (exact) mass is 338 g/mol. The summed E-state index contributed by atoms with van der Waals surface area (Å²) in [6.07, 6.45) is -5.08. The van der Waals surface area contributed by atoms with Crippen LogP contribution in [0.1, 0.15) is 18.1 Å². The summed E-state index contributed by atoms with van der Waals surface area (Å²) in [5.41, 5.74) is -6.02. The average molecular weight is 338 g/mol. The molecule has 2 N–H and O–H groups in total. The van der Waals surface area contributed by atoms with Gasteiger partial charge in [-0.1, -0.05) is 54.3 Å². The summed E-state index contributed by atoms with van der Waals surface area (Å²) >= 11 is 0. The third-order valence-corrected chi connectivity index (χ3v) is 3.48. The molecule has 2 rings (SSSR count). The predicted molar refractivity (Wildman–Crippen MR) is 80.1 cm³/mol. The summed E-state index contributed by atoms with van der Waals surface area (Å²) in [6.45, 7) is 1.12. The Balaban J connectivity index is 2.51. The molecule has 2 nitrogen and oxygen atoms in total. The van der Waals surface area contributed by atoms with E-state index >= 15 is 0 Å². The van der Waals surface area contributed by atoms with Gasteiger partial charge in [-0.2, -0.15) is 13.2 Å². The van der Waals surface area contributed by atoms with Crippen LogP contribution >= 0.6 is 0 Å². The van der Waals surface area contributed by atoms with Crippen molar-refractivity contribution in [2.24, 2.45) is 0 Å². The Bertz CT molecular complexity index is 773. The predicted octanol–water partition coefficient (Wildman–Crippen LogP) is 3.49. The summed E-state index contributed by atoms with van der Waals surface area (Å²) in [5, 5.41) is 20.4. The van der Waals surface area contributed by atoms with Gasteiger partial charge in [-0.05, 0) is 24.6 Å². The Kier molecular flexibility index (Phi) is 4.70. The second kappa shape index (κ2) is 6.27. The van der Waals surface area contributed by atoms with Gasteiger partial charge in [0, 0.05) is 5.56 Å². The first-order valence-electron chi connectivity index (χ1n) is 6.94. The standard InChI is InChI=1S/C18H14F4O2/c1-16(23,14-8-5-9-15(19)12-14)10-11-17(24,18(20,21)22)13-6-3-2-4-7-13/h2-9,12,23-24H,1H3. The van der Waals surface area contributed by atoms with E-state index in [0.717, 1.165) is 31.2 Å². The summed E-state index contributed by atoms with van der Waals surface area (Å²) in [5.74, 6) is 3.07. The molecule has 2 aromatic rings. The van der Waals surface area contributed by atoms with Gasteiger partial charge in [0.1, 0.15) is 11.4 Å². The molecular weight excluding hydrogens is 324 g/mol. The fourth-order valence-electron chi connectivity index (χ4n) is 2.06. The lowest BCUT2D eigenvalue weighted by atomic mass is 9.90. The highest BCUT2D eigenvalue weighted by Gasteiger charge is 2.54. The highest BCUT2D eigenvalue weighted by atomic mass is 19.4. The third-order valence-electron chi connectivity index (χ3n) is 3.48. The molecule has 0 radical (unpaired) electrons. The normalized spacial score (nSPS) is 16.5. The van der Waals surface area contributed by atoms with Crippen molar-refractivity contribution < 1.29 is 27.8 Å². The molecule has 0 fully saturated rings. The number of rotatable bonds is 2. The zero-order chi connectivity index (χ0) is 18.0. The van der Waals surface area contributed by atoms with Crippen molar-refractivity contribution in [3.63, 3.8) is 0 Å². The van der Waals surface area contributed by atoms with E-state index in [4.69, 9.17) is 0 Å². The van der Waals surface area contributed by atoms with Crippen LogP contribution < -0.4 is 0 Å². The Morgan fingerprint density at radius 3 is 1.96 bits per heavy atom. The minimum Gasteiger partial charge on any atom is -0.374 e. The van der Waals surface area contributed by atoms with E-state index < -0.39 is 28.8 Å². The fraction of sp³-hybridized carbons (Fsp3) is 0.222. The van der Waals surface area contributed by atoms with Crippen LogP contribution in [0.25, 0.3) is 0 Å². The number of alkyl halides is 3. The number of aliphatic hydroxyl groups is 2. The van der Waals surface area contributed by atoms with Crippen LogP contribution in [0.3, 0.4) is 0 Å². The quantitative estimate of drug-likeness (QED) is 0.650. The highest BCUT2D eigenvalue weighted by Crippen LogP contribution is 2.38. The number of halogens is 4. The van der Waals surface area contributed by atoms with Crippen molar-refractivity contribution in [3.05, 3.63) is 71.5 Å². The molecule has 0 saturated heterocycles. The zero-order valence-corrected chi connectivity index (χ0v) is 12.6. The van der Waals surface area contributed by atoms with Crippen LogP contribution in [-0.4, -0.2) is 16.4 Å². The maximum atomic E-state index is 13.3. The van der Waals surface area contributed by atoms with E-state index in [-0.39, 0.29) is 5.56 Å². The Labute approximate surface area is 136 Å². The van der Waals surface area contributed by atoms with E-state index in [1.807, 2.05) is 5.92 Å². The van der Waals surface area contributed by atoms with Gasteiger partial charge in [0.25, 0.3) is 0 Å². The van der Waals surface area contributed by atoms with Gasteiger partial charge in [0.15, 0.2) is 0 Å². The largest absolute Gasteiger partial charge is 0.433 e. The van der Waals surface area contributed by atoms with E-state index in [1.54, 1.807) is 5.92 Å². The lowest BCUT2D eigenvalue weighted by Crippen LogP contribution is -2.41. The van der Waals surface area contributed by atoms with E-state index in [1.165, 1.54) is 30.3 Å². The number of hydrogen-bond donors (Lipinski definition) is 2. The first-order chi connectivity index (χ1) is 11.1.